The molecule has 0 unspecified atom stereocenters. The van der Waals surface area contributed by atoms with E-state index in [2.05, 4.69) is 12.2 Å². The standard InChI is InChI=1S/C25H28N2O3S/c1-3-19-10-6-7-18(2)24(19)26-25(28)21-13-15-27(16-14-21)31(29,30)23-12-11-20-8-4-5-9-22(20)17-23/h4-12,17,21H,3,13-16H2,1-2H3,(H,26,28). The number of fused-ring (bicyclic) bond motifs is 1. The summed E-state index contributed by atoms with van der Waals surface area (Å²) in [7, 11) is -3.58. The number of nitrogens with one attached hydrogen (secondary N) is 1. The van der Waals surface area contributed by atoms with Gasteiger partial charge in [0.05, 0.1) is 4.90 Å². The second kappa shape index (κ2) is 8.81. The highest BCUT2D eigenvalue weighted by Crippen LogP contribution is 2.28. The molecule has 1 aliphatic heterocycles. The maximum Gasteiger partial charge on any atom is 0.243 e. The SMILES string of the molecule is CCc1cccc(C)c1NC(=O)C1CCN(S(=O)(=O)c2ccc3ccccc3c2)CC1. The number of aryl methyl sites for hydroxylation is 2. The van der Waals surface area contributed by atoms with Gasteiger partial charge in [0.15, 0.2) is 0 Å². The molecule has 1 amide bonds. The number of hydrogen-bond donors (Lipinski definition) is 1. The fourth-order valence-corrected chi connectivity index (χ4v) is 5.77. The number of carbonyl (C=O) groups excluding carboxylic acids is 1. The number of amides is 1. The van der Waals surface area contributed by atoms with Gasteiger partial charge in [0.25, 0.3) is 0 Å². The Kier molecular flexibility index (Phi) is 6.12. The van der Waals surface area contributed by atoms with Gasteiger partial charge in [-0.1, -0.05) is 55.5 Å². The summed E-state index contributed by atoms with van der Waals surface area (Å²) in [6.45, 7) is 4.76. The Bertz CT molecular complexity index is 1210. The van der Waals surface area contributed by atoms with E-state index in [9.17, 15) is 13.2 Å². The van der Waals surface area contributed by atoms with E-state index in [0.29, 0.717) is 30.8 Å². The lowest BCUT2D eigenvalue weighted by atomic mass is 9.96. The largest absolute Gasteiger partial charge is 0.325 e. The Morgan fingerprint density at radius 3 is 2.42 bits per heavy atom. The molecule has 1 fully saturated rings. The molecule has 0 saturated carbocycles. The molecular weight excluding hydrogens is 408 g/mol. The van der Waals surface area contributed by atoms with Crippen LogP contribution in [0, 0.1) is 12.8 Å². The third-order valence-electron chi connectivity index (χ3n) is 6.17. The number of hydrogen-bond acceptors (Lipinski definition) is 3. The fraction of sp³-hybridized carbons (Fsp3) is 0.320. The zero-order valence-electron chi connectivity index (χ0n) is 18.0. The molecule has 4 rings (SSSR count). The van der Waals surface area contributed by atoms with Crippen LogP contribution in [-0.2, 0) is 21.2 Å². The van der Waals surface area contributed by atoms with Crippen molar-refractivity contribution in [3.8, 4) is 0 Å². The highest BCUT2D eigenvalue weighted by molar-refractivity contribution is 7.89. The van der Waals surface area contributed by atoms with Crippen LogP contribution in [0.4, 0.5) is 5.69 Å². The van der Waals surface area contributed by atoms with E-state index in [1.807, 2.05) is 55.5 Å². The zero-order valence-corrected chi connectivity index (χ0v) is 18.8. The summed E-state index contributed by atoms with van der Waals surface area (Å²) in [6, 6.07) is 19.0. The number of benzene rings is 3. The van der Waals surface area contributed by atoms with Crippen LogP contribution in [0.5, 0.6) is 0 Å². The third-order valence-corrected chi connectivity index (χ3v) is 8.07. The average Bonchev–Trinajstić information content (AvgIpc) is 2.80. The smallest absolute Gasteiger partial charge is 0.243 e. The number of rotatable bonds is 5. The second-order valence-corrected chi connectivity index (χ2v) is 10.1. The molecule has 0 spiro atoms. The quantitative estimate of drug-likeness (QED) is 0.628. The predicted octanol–water partition coefficient (Wildman–Crippen LogP) is 4.75. The normalized spacial score (nSPS) is 15.8. The molecule has 0 atom stereocenters. The first-order valence-electron chi connectivity index (χ1n) is 10.8. The van der Waals surface area contributed by atoms with Crippen molar-refractivity contribution in [2.24, 2.45) is 5.92 Å². The molecule has 6 heteroatoms. The van der Waals surface area contributed by atoms with Crippen molar-refractivity contribution >= 4 is 32.4 Å². The Labute approximate surface area is 184 Å². The maximum atomic E-state index is 13.2. The Hall–Kier alpha value is -2.70. The maximum absolute atomic E-state index is 13.2. The molecule has 1 heterocycles. The Balaban J connectivity index is 1.44. The van der Waals surface area contributed by atoms with E-state index in [1.54, 1.807) is 12.1 Å². The van der Waals surface area contributed by atoms with E-state index in [1.165, 1.54) is 4.31 Å². The number of nitrogens with zero attached hydrogens (tertiary/aromatic N) is 1. The van der Waals surface area contributed by atoms with Gasteiger partial charge in [-0.3, -0.25) is 4.79 Å². The van der Waals surface area contributed by atoms with Gasteiger partial charge in [0.2, 0.25) is 15.9 Å². The first kappa shape index (κ1) is 21.5. The number of sulfonamides is 1. The van der Waals surface area contributed by atoms with Crippen LogP contribution in [0.15, 0.2) is 65.6 Å². The summed E-state index contributed by atoms with van der Waals surface area (Å²) in [6.07, 6.45) is 1.89. The third kappa shape index (κ3) is 4.36. The van der Waals surface area contributed by atoms with E-state index in [-0.39, 0.29) is 11.8 Å². The zero-order chi connectivity index (χ0) is 22.0. The second-order valence-electron chi connectivity index (χ2n) is 8.14. The topological polar surface area (TPSA) is 66.5 Å². The summed E-state index contributed by atoms with van der Waals surface area (Å²) in [5.41, 5.74) is 3.05. The van der Waals surface area contributed by atoms with Crippen molar-refractivity contribution in [2.45, 2.75) is 38.0 Å². The first-order valence-corrected chi connectivity index (χ1v) is 12.2. The van der Waals surface area contributed by atoms with Crippen LogP contribution in [0.1, 0.15) is 30.9 Å². The number of piperidine rings is 1. The van der Waals surface area contributed by atoms with Crippen molar-refractivity contribution in [3.05, 3.63) is 71.8 Å². The lowest BCUT2D eigenvalue weighted by Crippen LogP contribution is -2.41. The van der Waals surface area contributed by atoms with Gasteiger partial charge >= 0.3 is 0 Å². The Morgan fingerprint density at radius 2 is 1.71 bits per heavy atom. The van der Waals surface area contributed by atoms with Gasteiger partial charge in [-0.2, -0.15) is 4.31 Å². The molecule has 3 aromatic rings. The summed E-state index contributed by atoms with van der Waals surface area (Å²) >= 11 is 0. The summed E-state index contributed by atoms with van der Waals surface area (Å²) < 4.78 is 27.8. The summed E-state index contributed by atoms with van der Waals surface area (Å²) in [5, 5.41) is 5.02. The van der Waals surface area contributed by atoms with Crippen LogP contribution in [-0.4, -0.2) is 31.7 Å². The molecule has 0 aromatic heterocycles. The van der Waals surface area contributed by atoms with Gasteiger partial charge in [-0.05, 0) is 60.2 Å². The molecule has 1 aliphatic rings. The molecule has 5 nitrogen and oxygen atoms in total. The fourth-order valence-electron chi connectivity index (χ4n) is 4.26. The molecule has 31 heavy (non-hydrogen) atoms. The predicted molar refractivity (Wildman–Crippen MR) is 125 cm³/mol. The van der Waals surface area contributed by atoms with Gasteiger partial charge in [0.1, 0.15) is 0 Å². The van der Waals surface area contributed by atoms with E-state index >= 15 is 0 Å². The average molecular weight is 437 g/mol. The Morgan fingerprint density at radius 1 is 1.00 bits per heavy atom. The van der Waals surface area contributed by atoms with Crippen LogP contribution in [0.25, 0.3) is 10.8 Å². The minimum atomic E-state index is -3.58. The van der Waals surface area contributed by atoms with Gasteiger partial charge < -0.3 is 5.32 Å². The van der Waals surface area contributed by atoms with Gasteiger partial charge in [0, 0.05) is 24.7 Å². The van der Waals surface area contributed by atoms with Crippen molar-refractivity contribution in [1.82, 2.24) is 4.31 Å². The number of para-hydroxylation sites is 1. The first-order chi connectivity index (χ1) is 14.9. The molecular formula is C25H28N2O3S. The van der Waals surface area contributed by atoms with Crippen molar-refractivity contribution < 1.29 is 13.2 Å². The van der Waals surface area contributed by atoms with Crippen LogP contribution >= 0.6 is 0 Å². The van der Waals surface area contributed by atoms with E-state index in [0.717, 1.165) is 34.0 Å². The number of carbonyl (C=O) groups is 1. The van der Waals surface area contributed by atoms with Crippen LogP contribution < -0.4 is 5.32 Å². The van der Waals surface area contributed by atoms with E-state index in [4.69, 9.17) is 0 Å². The van der Waals surface area contributed by atoms with Crippen molar-refractivity contribution in [3.63, 3.8) is 0 Å². The molecule has 0 radical (unpaired) electrons. The molecule has 162 valence electrons. The van der Waals surface area contributed by atoms with Crippen molar-refractivity contribution in [2.75, 3.05) is 18.4 Å². The van der Waals surface area contributed by atoms with Crippen LogP contribution in [0.2, 0.25) is 0 Å². The molecule has 1 N–H and O–H groups in total. The molecule has 0 bridgehead atoms. The molecule has 1 saturated heterocycles. The monoisotopic (exact) mass is 436 g/mol. The van der Waals surface area contributed by atoms with Crippen molar-refractivity contribution in [1.29, 1.82) is 0 Å². The summed E-state index contributed by atoms with van der Waals surface area (Å²) in [4.78, 5) is 13.2. The minimum Gasteiger partial charge on any atom is -0.325 e. The minimum absolute atomic E-state index is 0.0215. The molecule has 0 aliphatic carbocycles. The van der Waals surface area contributed by atoms with Gasteiger partial charge in [-0.25, -0.2) is 8.42 Å². The lowest BCUT2D eigenvalue weighted by molar-refractivity contribution is -0.120. The lowest BCUT2D eigenvalue weighted by Gasteiger charge is -2.31. The highest BCUT2D eigenvalue weighted by atomic mass is 32.2. The summed E-state index contributed by atoms with van der Waals surface area (Å²) in [5.74, 6) is -0.209. The van der Waals surface area contributed by atoms with Crippen LogP contribution in [0.3, 0.4) is 0 Å². The van der Waals surface area contributed by atoms with E-state index < -0.39 is 10.0 Å². The van der Waals surface area contributed by atoms with Gasteiger partial charge in [-0.15, -0.1) is 0 Å². The number of anilines is 1. The molecule has 3 aromatic carbocycles. The highest BCUT2D eigenvalue weighted by Gasteiger charge is 2.32.